The van der Waals surface area contributed by atoms with Crippen LogP contribution in [0.3, 0.4) is 0 Å². The van der Waals surface area contributed by atoms with Gasteiger partial charge in [0, 0.05) is 13.0 Å². The van der Waals surface area contributed by atoms with E-state index in [1.54, 1.807) is 12.1 Å². The average molecular weight is 337 g/mol. The standard InChI is InChI=1S/C17H23NO6/c1-10(2)8-13(18)15(9-16(20)21)24-17(22)12-6-4-5-7-14(12)23-11(3)19/h4-7,10,13,15H,8-9,18H2,1-3H3,(H,20,21)/t13-,15-/m0/s1. The molecule has 7 nitrogen and oxygen atoms in total. The van der Waals surface area contributed by atoms with Gasteiger partial charge in [-0.3, -0.25) is 9.59 Å². The molecule has 0 aliphatic heterocycles. The summed E-state index contributed by atoms with van der Waals surface area (Å²) in [6.45, 7) is 5.10. The van der Waals surface area contributed by atoms with Crippen LogP contribution in [0.4, 0.5) is 0 Å². The summed E-state index contributed by atoms with van der Waals surface area (Å²) in [5.74, 6) is -2.18. The van der Waals surface area contributed by atoms with Crippen molar-refractivity contribution in [1.29, 1.82) is 0 Å². The third-order valence-corrected chi connectivity index (χ3v) is 3.22. The second kappa shape index (κ2) is 9.02. The van der Waals surface area contributed by atoms with E-state index in [-0.39, 0.29) is 17.2 Å². The molecule has 7 heteroatoms. The molecule has 24 heavy (non-hydrogen) atoms. The summed E-state index contributed by atoms with van der Waals surface area (Å²) in [6, 6.07) is 5.48. The molecular formula is C17H23NO6. The minimum Gasteiger partial charge on any atom is -0.481 e. The zero-order valence-electron chi connectivity index (χ0n) is 14.0. The summed E-state index contributed by atoms with van der Waals surface area (Å²) in [6.07, 6.45) is -0.852. The maximum absolute atomic E-state index is 12.4. The molecule has 0 radical (unpaired) electrons. The molecule has 0 aliphatic rings. The van der Waals surface area contributed by atoms with Crippen LogP contribution in [0.25, 0.3) is 0 Å². The zero-order chi connectivity index (χ0) is 18.3. The van der Waals surface area contributed by atoms with Crippen molar-refractivity contribution in [3.63, 3.8) is 0 Å². The second-order valence-corrected chi connectivity index (χ2v) is 5.92. The second-order valence-electron chi connectivity index (χ2n) is 5.92. The Labute approximate surface area is 140 Å². The number of carboxylic acid groups (broad SMARTS) is 1. The van der Waals surface area contributed by atoms with Gasteiger partial charge in [-0.25, -0.2) is 4.79 Å². The number of carbonyl (C=O) groups is 3. The van der Waals surface area contributed by atoms with Crippen molar-refractivity contribution >= 4 is 17.9 Å². The Balaban J connectivity index is 2.95. The van der Waals surface area contributed by atoms with E-state index >= 15 is 0 Å². The van der Waals surface area contributed by atoms with Crippen LogP contribution in [-0.2, 0) is 14.3 Å². The number of rotatable bonds is 8. The van der Waals surface area contributed by atoms with Crippen molar-refractivity contribution in [3.8, 4) is 5.75 Å². The number of nitrogens with two attached hydrogens (primary N) is 1. The lowest BCUT2D eigenvalue weighted by Crippen LogP contribution is -2.40. The van der Waals surface area contributed by atoms with E-state index < -0.39 is 36.5 Å². The highest BCUT2D eigenvalue weighted by atomic mass is 16.6. The van der Waals surface area contributed by atoms with Crippen LogP contribution in [0.2, 0.25) is 0 Å². The lowest BCUT2D eigenvalue weighted by atomic mass is 9.98. The van der Waals surface area contributed by atoms with E-state index in [1.165, 1.54) is 19.1 Å². The summed E-state index contributed by atoms with van der Waals surface area (Å²) in [4.78, 5) is 34.5. The molecule has 2 atom stereocenters. The summed E-state index contributed by atoms with van der Waals surface area (Å²) >= 11 is 0. The van der Waals surface area contributed by atoms with Crippen LogP contribution in [0.15, 0.2) is 24.3 Å². The molecule has 1 aromatic carbocycles. The van der Waals surface area contributed by atoms with Crippen molar-refractivity contribution in [2.45, 2.75) is 45.8 Å². The highest BCUT2D eigenvalue weighted by Crippen LogP contribution is 2.21. The van der Waals surface area contributed by atoms with Gasteiger partial charge in [0.25, 0.3) is 0 Å². The van der Waals surface area contributed by atoms with E-state index in [1.807, 2.05) is 13.8 Å². The number of hydrogen-bond acceptors (Lipinski definition) is 6. The average Bonchev–Trinajstić information content (AvgIpc) is 2.45. The third-order valence-electron chi connectivity index (χ3n) is 3.22. The van der Waals surface area contributed by atoms with Gasteiger partial charge >= 0.3 is 17.9 Å². The van der Waals surface area contributed by atoms with Gasteiger partial charge in [0.05, 0.1) is 6.42 Å². The molecule has 0 amide bonds. The van der Waals surface area contributed by atoms with Crippen LogP contribution < -0.4 is 10.5 Å². The first-order valence-electron chi connectivity index (χ1n) is 7.66. The molecule has 0 bridgehead atoms. The monoisotopic (exact) mass is 337 g/mol. The van der Waals surface area contributed by atoms with E-state index in [9.17, 15) is 14.4 Å². The van der Waals surface area contributed by atoms with Crippen molar-refractivity contribution in [2.75, 3.05) is 0 Å². The maximum Gasteiger partial charge on any atom is 0.342 e. The van der Waals surface area contributed by atoms with Gasteiger partial charge in [0.2, 0.25) is 0 Å². The quantitative estimate of drug-likeness (QED) is 0.550. The lowest BCUT2D eigenvalue weighted by Gasteiger charge is -2.24. The number of carboxylic acids is 1. The Bertz CT molecular complexity index is 598. The van der Waals surface area contributed by atoms with Gasteiger partial charge in [0.15, 0.2) is 0 Å². The number of esters is 2. The van der Waals surface area contributed by atoms with Gasteiger partial charge < -0.3 is 20.3 Å². The van der Waals surface area contributed by atoms with E-state index in [2.05, 4.69) is 0 Å². The predicted octanol–water partition coefficient (Wildman–Crippen LogP) is 1.99. The molecule has 1 rings (SSSR count). The lowest BCUT2D eigenvalue weighted by molar-refractivity contribution is -0.139. The number of carbonyl (C=O) groups excluding carboxylic acids is 2. The fourth-order valence-electron chi connectivity index (χ4n) is 2.23. The van der Waals surface area contributed by atoms with Gasteiger partial charge in [-0.2, -0.15) is 0 Å². The molecule has 0 fully saturated rings. The molecule has 0 unspecified atom stereocenters. The molecule has 0 spiro atoms. The SMILES string of the molecule is CC(=O)Oc1ccccc1C(=O)O[C@@H](CC(=O)O)[C@@H](N)CC(C)C. The van der Waals surface area contributed by atoms with Gasteiger partial charge in [-0.05, 0) is 24.5 Å². The molecule has 0 saturated carbocycles. The number of aliphatic carboxylic acids is 1. The zero-order valence-corrected chi connectivity index (χ0v) is 14.0. The Kier molecular flexibility index (Phi) is 7.38. The van der Waals surface area contributed by atoms with E-state index in [4.69, 9.17) is 20.3 Å². The normalized spacial score (nSPS) is 13.2. The van der Waals surface area contributed by atoms with Crippen molar-refractivity contribution < 1.29 is 29.0 Å². The van der Waals surface area contributed by atoms with Crippen LogP contribution in [0.5, 0.6) is 5.75 Å². The molecule has 132 valence electrons. The molecule has 0 heterocycles. The molecule has 3 N–H and O–H groups in total. The molecular weight excluding hydrogens is 314 g/mol. The fourth-order valence-corrected chi connectivity index (χ4v) is 2.23. The highest BCUT2D eigenvalue weighted by Gasteiger charge is 2.27. The Morgan fingerprint density at radius 3 is 2.38 bits per heavy atom. The summed E-state index contributed by atoms with van der Waals surface area (Å²) in [5, 5.41) is 9.01. The van der Waals surface area contributed by atoms with Crippen LogP contribution in [-0.4, -0.2) is 35.2 Å². The first kappa shape index (κ1) is 19.6. The maximum atomic E-state index is 12.4. The van der Waals surface area contributed by atoms with Crippen LogP contribution >= 0.6 is 0 Å². The topological polar surface area (TPSA) is 116 Å². The predicted molar refractivity (Wildman–Crippen MR) is 86.6 cm³/mol. The summed E-state index contributed by atoms with van der Waals surface area (Å²) < 4.78 is 10.3. The summed E-state index contributed by atoms with van der Waals surface area (Å²) in [5.41, 5.74) is 6.03. The Hall–Kier alpha value is -2.41. The van der Waals surface area contributed by atoms with Crippen molar-refractivity contribution in [1.82, 2.24) is 0 Å². The van der Waals surface area contributed by atoms with Crippen LogP contribution in [0.1, 0.15) is 44.0 Å². The molecule has 0 aliphatic carbocycles. The van der Waals surface area contributed by atoms with Crippen LogP contribution in [0, 0.1) is 5.92 Å². The Morgan fingerprint density at radius 1 is 1.21 bits per heavy atom. The van der Waals surface area contributed by atoms with Gasteiger partial charge in [0.1, 0.15) is 17.4 Å². The first-order chi connectivity index (χ1) is 11.2. The Morgan fingerprint density at radius 2 is 1.83 bits per heavy atom. The minimum atomic E-state index is -1.11. The fraction of sp³-hybridized carbons (Fsp3) is 0.471. The largest absolute Gasteiger partial charge is 0.481 e. The molecule has 1 aromatic rings. The third kappa shape index (κ3) is 6.37. The van der Waals surface area contributed by atoms with Crippen molar-refractivity contribution in [3.05, 3.63) is 29.8 Å². The highest BCUT2D eigenvalue weighted by molar-refractivity contribution is 5.93. The molecule has 0 aromatic heterocycles. The van der Waals surface area contributed by atoms with Gasteiger partial charge in [-0.15, -0.1) is 0 Å². The number of benzene rings is 1. The van der Waals surface area contributed by atoms with Gasteiger partial charge in [-0.1, -0.05) is 26.0 Å². The molecule has 0 saturated heterocycles. The number of hydrogen-bond donors (Lipinski definition) is 2. The van der Waals surface area contributed by atoms with Crippen molar-refractivity contribution in [2.24, 2.45) is 11.7 Å². The first-order valence-corrected chi connectivity index (χ1v) is 7.66. The smallest absolute Gasteiger partial charge is 0.342 e. The summed E-state index contributed by atoms with van der Waals surface area (Å²) in [7, 11) is 0. The van der Waals surface area contributed by atoms with E-state index in [0.717, 1.165) is 0 Å². The van der Waals surface area contributed by atoms with E-state index in [0.29, 0.717) is 6.42 Å². The number of para-hydroxylation sites is 1. The number of ether oxygens (including phenoxy) is 2. The minimum absolute atomic E-state index is 0.0415.